The Bertz CT molecular complexity index is 717. The largest absolute Gasteiger partial charge is 0.489 e. The van der Waals surface area contributed by atoms with Crippen LogP contribution >= 0.6 is 0 Å². The van der Waals surface area contributed by atoms with Gasteiger partial charge in [-0.1, -0.05) is 30.3 Å². The Hall–Kier alpha value is -2.67. The average Bonchev–Trinajstić information content (AvgIpc) is 2.52. The minimum absolute atomic E-state index is 0.0496. The Morgan fingerprint density at radius 2 is 1.76 bits per heavy atom. The van der Waals surface area contributed by atoms with Gasteiger partial charge in [-0.2, -0.15) is 8.78 Å². The zero-order valence-corrected chi connectivity index (χ0v) is 13.7. The molecule has 0 unspecified atom stereocenters. The first kappa shape index (κ1) is 18.7. The molecular weight excluding hydrogens is 334 g/mol. The van der Waals surface area contributed by atoms with Crippen LogP contribution in [0.15, 0.2) is 48.5 Å². The van der Waals surface area contributed by atoms with Crippen molar-refractivity contribution >= 4 is 5.97 Å². The summed E-state index contributed by atoms with van der Waals surface area (Å²) in [5.74, 6) is -2.54. The average molecular weight is 352 g/mol. The number of rotatable bonds is 8. The first-order valence-electron chi connectivity index (χ1n) is 7.45. The van der Waals surface area contributed by atoms with Gasteiger partial charge >= 0.3 is 12.6 Å². The second-order valence-corrected chi connectivity index (χ2v) is 5.65. The van der Waals surface area contributed by atoms with Crippen molar-refractivity contribution in [1.29, 1.82) is 0 Å². The van der Waals surface area contributed by atoms with Gasteiger partial charge in [-0.05, 0) is 17.7 Å². The van der Waals surface area contributed by atoms with Gasteiger partial charge in [-0.15, -0.1) is 0 Å². The predicted molar refractivity (Wildman–Crippen MR) is 86.0 cm³/mol. The van der Waals surface area contributed by atoms with E-state index in [2.05, 4.69) is 4.74 Å². The van der Waals surface area contributed by atoms with Crippen molar-refractivity contribution in [3.05, 3.63) is 59.7 Å². The smallest absolute Gasteiger partial charge is 0.348 e. The number of carboxylic acid groups (broad SMARTS) is 1. The number of carbonyl (C=O) groups is 1. The molecule has 134 valence electrons. The lowest BCUT2D eigenvalue weighted by atomic mass is 10.2. The van der Waals surface area contributed by atoms with Gasteiger partial charge < -0.3 is 14.6 Å². The maximum absolute atomic E-state index is 12.4. The van der Waals surface area contributed by atoms with Crippen LogP contribution in [0.25, 0.3) is 0 Å². The number of hydrogen-bond acceptors (Lipinski definition) is 4. The van der Waals surface area contributed by atoms with Crippen molar-refractivity contribution in [2.75, 3.05) is 0 Å². The van der Waals surface area contributed by atoms with Crippen molar-refractivity contribution in [2.24, 2.45) is 0 Å². The number of ether oxygens (including phenoxy) is 3. The molecule has 0 aliphatic heterocycles. The fraction of sp³-hybridized carbons (Fsp3) is 0.278. The summed E-state index contributed by atoms with van der Waals surface area (Å²) in [6, 6.07) is 13.3. The van der Waals surface area contributed by atoms with Crippen molar-refractivity contribution < 1.29 is 32.9 Å². The first-order valence-corrected chi connectivity index (χ1v) is 7.45. The Morgan fingerprint density at radius 1 is 1.12 bits per heavy atom. The Morgan fingerprint density at radius 3 is 2.36 bits per heavy atom. The number of hydrogen-bond donors (Lipinski definition) is 1. The summed E-state index contributed by atoms with van der Waals surface area (Å²) in [6.07, 6.45) is 0. The topological polar surface area (TPSA) is 65.0 Å². The van der Waals surface area contributed by atoms with E-state index in [4.69, 9.17) is 9.47 Å². The highest BCUT2D eigenvalue weighted by Gasteiger charge is 2.26. The lowest BCUT2D eigenvalue weighted by molar-refractivity contribution is -0.264. The van der Waals surface area contributed by atoms with E-state index in [1.165, 1.54) is 32.0 Å². The second kappa shape index (κ2) is 7.94. The second-order valence-electron chi connectivity index (χ2n) is 5.65. The van der Waals surface area contributed by atoms with Crippen molar-refractivity contribution in [3.8, 4) is 11.5 Å². The molecule has 0 radical (unpaired) electrons. The summed E-state index contributed by atoms with van der Waals surface area (Å²) in [5.41, 5.74) is 0.806. The molecule has 0 saturated heterocycles. The van der Waals surface area contributed by atoms with Crippen LogP contribution in [0.3, 0.4) is 0 Å². The zero-order chi connectivity index (χ0) is 18.4. The Kier molecular flexibility index (Phi) is 5.93. The fourth-order valence-corrected chi connectivity index (χ4v) is 2.10. The fourth-order valence-electron chi connectivity index (χ4n) is 2.10. The molecule has 2 aromatic carbocycles. The van der Waals surface area contributed by atoms with E-state index < -0.39 is 18.4 Å². The zero-order valence-electron chi connectivity index (χ0n) is 13.7. The summed E-state index contributed by atoms with van der Waals surface area (Å²) < 4.78 is 40.1. The third kappa shape index (κ3) is 6.04. The van der Waals surface area contributed by atoms with Crippen molar-refractivity contribution in [1.82, 2.24) is 0 Å². The van der Waals surface area contributed by atoms with Gasteiger partial charge in [-0.3, -0.25) is 4.74 Å². The van der Waals surface area contributed by atoms with Gasteiger partial charge in [0.2, 0.25) is 5.79 Å². The number of carboxylic acids is 1. The number of benzene rings is 2. The van der Waals surface area contributed by atoms with Gasteiger partial charge in [0.05, 0.1) is 5.56 Å². The monoisotopic (exact) mass is 352 g/mol. The molecule has 0 amide bonds. The van der Waals surface area contributed by atoms with E-state index in [9.17, 15) is 18.7 Å². The molecule has 0 spiro atoms. The van der Waals surface area contributed by atoms with Crippen LogP contribution in [0.4, 0.5) is 8.78 Å². The highest BCUT2D eigenvalue weighted by Crippen LogP contribution is 2.28. The van der Waals surface area contributed by atoms with Gasteiger partial charge in [0, 0.05) is 19.9 Å². The molecule has 2 rings (SSSR count). The molecule has 0 fully saturated rings. The third-order valence-electron chi connectivity index (χ3n) is 3.11. The molecule has 5 nitrogen and oxygen atoms in total. The summed E-state index contributed by atoms with van der Waals surface area (Å²) in [6.45, 7) is -0.194. The maximum Gasteiger partial charge on any atom is 0.348 e. The molecule has 2 aromatic rings. The van der Waals surface area contributed by atoms with Crippen molar-refractivity contribution in [2.45, 2.75) is 32.9 Å². The van der Waals surface area contributed by atoms with Gasteiger partial charge in [0.15, 0.2) is 0 Å². The number of alkyl halides is 2. The normalized spacial score (nSPS) is 11.4. The van der Waals surface area contributed by atoms with E-state index in [1.807, 2.05) is 30.3 Å². The highest BCUT2D eigenvalue weighted by molar-refractivity contribution is 5.88. The highest BCUT2D eigenvalue weighted by atomic mass is 19.3. The van der Waals surface area contributed by atoms with Crippen LogP contribution in [-0.4, -0.2) is 23.5 Å². The molecule has 0 saturated carbocycles. The van der Waals surface area contributed by atoms with Gasteiger partial charge in [0.25, 0.3) is 0 Å². The van der Waals surface area contributed by atoms with E-state index in [-0.39, 0.29) is 23.7 Å². The van der Waals surface area contributed by atoms with Crippen LogP contribution in [0.2, 0.25) is 0 Å². The van der Waals surface area contributed by atoms with Crippen LogP contribution < -0.4 is 9.47 Å². The number of halogens is 2. The molecular formula is C18H18F2O5. The van der Waals surface area contributed by atoms with Gasteiger partial charge in [-0.25, -0.2) is 4.79 Å². The molecule has 0 heterocycles. The summed E-state index contributed by atoms with van der Waals surface area (Å²) in [5, 5.41) is 9.20. The van der Waals surface area contributed by atoms with Crippen LogP contribution in [0.1, 0.15) is 29.8 Å². The molecule has 0 aliphatic carbocycles. The molecule has 7 heteroatoms. The Balaban J connectivity index is 2.19. The van der Waals surface area contributed by atoms with E-state index in [1.54, 1.807) is 0 Å². The first-order chi connectivity index (χ1) is 11.7. The SMILES string of the molecule is CC(C)(Oc1cc(OCc2ccccc2)cc(C(=O)O)c1)OC(F)F. The molecule has 25 heavy (non-hydrogen) atoms. The summed E-state index contributed by atoms with van der Waals surface area (Å²) in [7, 11) is 0. The standard InChI is InChI=1S/C18H18F2O5/c1-18(2,25-17(19)20)24-15-9-13(16(21)22)8-14(10-15)23-11-12-6-4-3-5-7-12/h3-10,17H,11H2,1-2H3,(H,21,22). The van der Waals surface area contributed by atoms with E-state index in [0.717, 1.165) is 5.56 Å². The summed E-state index contributed by atoms with van der Waals surface area (Å²) in [4.78, 5) is 11.3. The van der Waals surface area contributed by atoms with Crippen molar-refractivity contribution in [3.63, 3.8) is 0 Å². The van der Waals surface area contributed by atoms with Gasteiger partial charge in [0.1, 0.15) is 18.1 Å². The van der Waals surface area contributed by atoms with Crippen LogP contribution in [-0.2, 0) is 11.3 Å². The molecule has 0 bridgehead atoms. The molecule has 0 aliphatic rings. The lowest BCUT2D eigenvalue weighted by Crippen LogP contribution is -2.33. The number of aromatic carboxylic acids is 1. The minimum atomic E-state index is -3.02. The van der Waals surface area contributed by atoms with Crippen LogP contribution in [0, 0.1) is 0 Å². The summed E-state index contributed by atoms with van der Waals surface area (Å²) >= 11 is 0. The van der Waals surface area contributed by atoms with Crippen LogP contribution in [0.5, 0.6) is 11.5 Å². The Labute approximate surface area is 143 Å². The minimum Gasteiger partial charge on any atom is -0.489 e. The molecule has 1 N–H and O–H groups in total. The van der Waals surface area contributed by atoms with E-state index >= 15 is 0 Å². The molecule has 0 atom stereocenters. The molecule has 0 aromatic heterocycles. The predicted octanol–water partition coefficient (Wildman–Crippen LogP) is 4.32. The quantitative estimate of drug-likeness (QED) is 0.717. The third-order valence-corrected chi connectivity index (χ3v) is 3.11. The lowest BCUT2D eigenvalue weighted by Gasteiger charge is -2.26. The maximum atomic E-state index is 12.4. The van der Waals surface area contributed by atoms with E-state index in [0.29, 0.717) is 0 Å².